The first kappa shape index (κ1) is 15.0. The zero-order valence-corrected chi connectivity index (χ0v) is 13.5. The minimum atomic E-state index is -3.36. The molecule has 0 unspecified atom stereocenters. The maximum absolute atomic E-state index is 12.4. The fourth-order valence-corrected chi connectivity index (χ4v) is 4.67. The summed E-state index contributed by atoms with van der Waals surface area (Å²) in [6, 6.07) is 7.60. The zero-order valence-electron chi connectivity index (χ0n) is 12.7. The summed E-state index contributed by atoms with van der Waals surface area (Å²) in [5.74, 6) is 1.15. The van der Waals surface area contributed by atoms with Crippen LogP contribution in [0.2, 0.25) is 0 Å². The van der Waals surface area contributed by atoms with Crippen molar-refractivity contribution in [2.45, 2.75) is 68.7 Å². The highest BCUT2D eigenvalue weighted by molar-refractivity contribution is 7.89. The SMILES string of the molecule is C[C@H](NS(=O)(=O)c1ccc(C2CCCCC2)cc1)C1CC1. The lowest BCUT2D eigenvalue weighted by atomic mass is 9.84. The molecule has 4 heteroatoms. The van der Waals surface area contributed by atoms with Crippen molar-refractivity contribution < 1.29 is 8.42 Å². The smallest absolute Gasteiger partial charge is 0.208 e. The molecule has 2 aliphatic rings. The highest BCUT2D eigenvalue weighted by Gasteiger charge is 2.31. The van der Waals surface area contributed by atoms with E-state index in [1.54, 1.807) is 12.1 Å². The van der Waals surface area contributed by atoms with Gasteiger partial charge in [-0.15, -0.1) is 0 Å². The van der Waals surface area contributed by atoms with Gasteiger partial charge in [0.2, 0.25) is 10.0 Å². The van der Waals surface area contributed by atoms with E-state index < -0.39 is 10.0 Å². The van der Waals surface area contributed by atoms with Crippen LogP contribution in [0.4, 0.5) is 0 Å². The minimum absolute atomic E-state index is 0.0491. The molecule has 0 heterocycles. The molecule has 3 nitrogen and oxygen atoms in total. The summed E-state index contributed by atoms with van der Waals surface area (Å²) in [5.41, 5.74) is 1.30. The van der Waals surface area contributed by atoms with E-state index in [1.165, 1.54) is 37.7 Å². The number of rotatable bonds is 5. The molecule has 2 saturated carbocycles. The molecule has 2 aliphatic carbocycles. The van der Waals surface area contributed by atoms with Gasteiger partial charge in [-0.25, -0.2) is 13.1 Å². The predicted molar refractivity (Wildman–Crippen MR) is 84.8 cm³/mol. The molecule has 116 valence electrons. The molecule has 0 saturated heterocycles. The normalized spacial score (nSPS) is 22.1. The van der Waals surface area contributed by atoms with E-state index in [4.69, 9.17) is 0 Å². The molecule has 0 amide bonds. The lowest BCUT2D eigenvalue weighted by molar-refractivity contribution is 0.443. The van der Waals surface area contributed by atoms with Crippen LogP contribution in [0.15, 0.2) is 29.2 Å². The van der Waals surface area contributed by atoms with Gasteiger partial charge >= 0.3 is 0 Å². The molecule has 0 radical (unpaired) electrons. The summed E-state index contributed by atoms with van der Waals surface area (Å²) in [6.45, 7) is 1.96. The van der Waals surface area contributed by atoms with Gasteiger partial charge in [-0.1, -0.05) is 31.4 Å². The van der Waals surface area contributed by atoms with Crippen LogP contribution < -0.4 is 4.72 Å². The average Bonchev–Trinajstić information content (AvgIpc) is 3.33. The summed E-state index contributed by atoms with van der Waals surface area (Å²) >= 11 is 0. The van der Waals surface area contributed by atoms with Crippen molar-refractivity contribution in [1.82, 2.24) is 4.72 Å². The van der Waals surface area contributed by atoms with E-state index in [9.17, 15) is 8.42 Å². The fraction of sp³-hybridized carbons (Fsp3) is 0.647. The van der Waals surface area contributed by atoms with Gasteiger partial charge in [-0.3, -0.25) is 0 Å². The second-order valence-electron chi connectivity index (χ2n) is 6.65. The van der Waals surface area contributed by atoms with Gasteiger partial charge < -0.3 is 0 Å². The van der Waals surface area contributed by atoms with Crippen molar-refractivity contribution in [2.75, 3.05) is 0 Å². The van der Waals surface area contributed by atoms with Crippen molar-refractivity contribution in [3.05, 3.63) is 29.8 Å². The van der Waals surface area contributed by atoms with Crippen LogP contribution in [-0.2, 0) is 10.0 Å². The Labute approximate surface area is 128 Å². The van der Waals surface area contributed by atoms with Crippen LogP contribution in [-0.4, -0.2) is 14.5 Å². The lowest BCUT2D eigenvalue weighted by Crippen LogP contribution is -2.34. The fourth-order valence-electron chi connectivity index (χ4n) is 3.36. The number of nitrogens with one attached hydrogen (secondary N) is 1. The maximum Gasteiger partial charge on any atom is 0.240 e. The average molecular weight is 307 g/mol. The molecule has 0 aromatic heterocycles. The van der Waals surface area contributed by atoms with E-state index in [-0.39, 0.29) is 6.04 Å². The van der Waals surface area contributed by atoms with E-state index in [0.717, 1.165) is 12.8 Å². The molecule has 1 aromatic carbocycles. The summed E-state index contributed by atoms with van der Waals surface area (Å²) in [4.78, 5) is 0.398. The van der Waals surface area contributed by atoms with Crippen LogP contribution >= 0.6 is 0 Å². The Hall–Kier alpha value is -0.870. The van der Waals surface area contributed by atoms with Crippen molar-refractivity contribution in [1.29, 1.82) is 0 Å². The molecule has 0 spiro atoms. The van der Waals surface area contributed by atoms with E-state index in [0.29, 0.717) is 16.7 Å². The number of benzene rings is 1. The molecule has 1 N–H and O–H groups in total. The molecule has 21 heavy (non-hydrogen) atoms. The van der Waals surface area contributed by atoms with Gasteiger partial charge in [0.1, 0.15) is 0 Å². The quantitative estimate of drug-likeness (QED) is 0.899. The molecule has 2 fully saturated rings. The van der Waals surface area contributed by atoms with Crippen molar-refractivity contribution in [3.8, 4) is 0 Å². The first-order valence-corrected chi connectivity index (χ1v) is 9.67. The molecule has 1 atom stereocenters. The maximum atomic E-state index is 12.4. The third-order valence-electron chi connectivity index (χ3n) is 4.94. The topological polar surface area (TPSA) is 46.2 Å². The molecular formula is C17H25NO2S. The van der Waals surface area contributed by atoms with E-state index in [1.807, 2.05) is 19.1 Å². The van der Waals surface area contributed by atoms with Crippen LogP contribution in [0.5, 0.6) is 0 Å². The first-order chi connectivity index (χ1) is 10.1. The van der Waals surface area contributed by atoms with E-state index in [2.05, 4.69) is 4.72 Å². The summed E-state index contributed by atoms with van der Waals surface area (Å²) in [6.07, 6.45) is 8.70. The van der Waals surface area contributed by atoms with Gasteiger partial charge in [0, 0.05) is 6.04 Å². The molecule has 3 rings (SSSR count). The van der Waals surface area contributed by atoms with Gasteiger partial charge in [-0.2, -0.15) is 0 Å². The Morgan fingerprint density at radius 1 is 1.00 bits per heavy atom. The van der Waals surface area contributed by atoms with Crippen LogP contribution in [0.1, 0.15) is 63.4 Å². The van der Waals surface area contributed by atoms with Gasteiger partial charge in [0.15, 0.2) is 0 Å². The molecule has 1 aromatic rings. The minimum Gasteiger partial charge on any atom is -0.208 e. The highest BCUT2D eigenvalue weighted by atomic mass is 32.2. The van der Waals surface area contributed by atoms with Crippen LogP contribution in [0.25, 0.3) is 0 Å². The van der Waals surface area contributed by atoms with Crippen molar-refractivity contribution >= 4 is 10.0 Å². The van der Waals surface area contributed by atoms with Crippen LogP contribution in [0.3, 0.4) is 0 Å². The number of hydrogen-bond donors (Lipinski definition) is 1. The van der Waals surface area contributed by atoms with E-state index >= 15 is 0 Å². The van der Waals surface area contributed by atoms with Gasteiger partial charge in [0.05, 0.1) is 4.90 Å². The Morgan fingerprint density at radius 2 is 1.62 bits per heavy atom. The largest absolute Gasteiger partial charge is 0.240 e. The summed E-state index contributed by atoms with van der Waals surface area (Å²) in [5, 5.41) is 0. The Bertz CT molecular complexity index is 569. The standard InChI is InChI=1S/C17H25NO2S/c1-13(14-7-8-14)18-21(19,20)17-11-9-16(10-12-17)15-5-3-2-4-6-15/h9-15,18H,2-8H2,1H3/t13-/m0/s1. The van der Waals surface area contributed by atoms with Crippen molar-refractivity contribution in [3.63, 3.8) is 0 Å². The Kier molecular flexibility index (Phi) is 4.36. The second kappa shape index (κ2) is 6.09. The third kappa shape index (κ3) is 3.67. The van der Waals surface area contributed by atoms with Gasteiger partial charge in [-0.05, 0) is 62.1 Å². The number of hydrogen-bond acceptors (Lipinski definition) is 2. The summed E-state index contributed by atoms with van der Waals surface area (Å²) in [7, 11) is -3.36. The lowest BCUT2D eigenvalue weighted by Gasteiger charge is -2.22. The number of sulfonamides is 1. The molecule has 0 aliphatic heterocycles. The van der Waals surface area contributed by atoms with Crippen molar-refractivity contribution in [2.24, 2.45) is 5.92 Å². The highest BCUT2D eigenvalue weighted by Crippen LogP contribution is 2.34. The second-order valence-corrected chi connectivity index (χ2v) is 8.37. The van der Waals surface area contributed by atoms with Gasteiger partial charge in [0.25, 0.3) is 0 Å². The monoisotopic (exact) mass is 307 g/mol. The predicted octanol–water partition coefficient (Wildman–Crippen LogP) is 3.81. The third-order valence-corrected chi connectivity index (χ3v) is 6.51. The first-order valence-electron chi connectivity index (χ1n) is 8.18. The summed E-state index contributed by atoms with van der Waals surface area (Å²) < 4.78 is 27.5. The Morgan fingerprint density at radius 3 is 2.19 bits per heavy atom. The zero-order chi connectivity index (χ0) is 14.9. The van der Waals surface area contributed by atoms with Crippen LogP contribution in [0, 0.1) is 5.92 Å². The molecular weight excluding hydrogens is 282 g/mol. The molecule has 0 bridgehead atoms. The Balaban J connectivity index is 1.70.